The fourth-order valence-electron chi connectivity index (χ4n) is 2.95. The van der Waals surface area contributed by atoms with Crippen LogP contribution in [0.3, 0.4) is 0 Å². The first kappa shape index (κ1) is 22.3. The van der Waals surface area contributed by atoms with Crippen LogP contribution in [0.5, 0.6) is 5.75 Å². The van der Waals surface area contributed by atoms with Crippen LogP contribution in [0.25, 0.3) is 20.9 Å². The number of unbranched alkanes of at least 4 members (excludes halogenated alkanes) is 6. The summed E-state index contributed by atoms with van der Waals surface area (Å²) in [6.45, 7) is 2.24. The van der Waals surface area contributed by atoms with Crippen molar-refractivity contribution in [1.82, 2.24) is 0 Å². The summed E-state index contributed by atoms with van der Waals surface area (Å²) in [5.41, 5.74) is 2.02. The summed E-state index contributed by atoms with van der Waals surface area (Å²) in [7, 11) is -3.00. The second-order valence-electron chi connectivity index (χ2n) is 6.70. The van der Waals surface area contributed by atoms with Crippen molar-refractivity contribution in [1.29, 1.82) is 0 Å². The van der Waals surface area contributed by atoms with Crippen LogP contribution in [0, 0.1) is 11.8 Å². The summed E-state index contributed by atoms with van der Waals surface area (Å²) >= 11 is 4.78. The first-order valence-corrected chi connectivity index (χ1v) is 13.7. The Morgan fingerprint density at radius 1 is 1.07 bits per heavy atom. The zero-order valence-electron chi connectivity index (χ0n) is 16.4. The summed E-state index contributed by atoms with van der Waals surface area (Å²) in [4.78, 5) is 12.4. The van der Waals surface area contributed by atoms with Crippen LogP contribution >= 0.6 is 42.3 Å². The van der Waals surface area contributed by atoms with Gasteiger partial charge in [-0.2, -0.15) is 0 Å². The number of hydrogen-bond donors (Lipinski definition) is 1. The second-order valence-corrected chi connectivity index (χ2v) is 10.2. The van der Waals surface area contributed by atoms with Crippen molar-refractivity contribution in [2.24, 2.45) is 0 Å². The van der Waals surface area contributed by atoms with Gasteiger partial charge in [-0.05, 0) is 24.6 Å². The molecule has 0 saturated carbocycles. The molecule has 3 nitrogen and oxygen atoms in total. The molecule has 3 rings (SSSR count). The van der Waals surface area contributed by atoms with Gasteiger partial charge in [-0.25, -0.2) is 4.57 Å². The van der Waals surface area contributed by atoms with E-state index < -0.39 is 8.25 Å². The molecule has 1 atom stereocenters. The fourth-order valence-corrected chi connectivity index (χ4v) is 6.08. The van der Waals surface area contributed by atoms with Gasteiger partial charge in [-0.1, -0.05) is 50.9 Å². The quantitative estimate of drug-likeness (QED) is 0.187. The maximum Gasteiger partial charge on any atom is 0.365 e. The van der Waals surface area contributed by atoms with E-state index in [2.05, 4.69) is 42.3 Å². The van der Waals surface area contributed by atoms with Crippen LogP contribution in [0.4, 0.5) is 0 Å². The highest BCUT2D eigenvalue weighted by atomic mass is 32.1. The van der Waals surface area contributed by atoms with Gasteiger partial charge < -0.3 is 9.42 Å². The van der Waals surface area contributed by atoms with Gasteiger partial charge >= 0.3 is 8.25 Å². The third kappa shape index (κ3) is 6.84. The normalized spacial score (nSPS) is 11.8. The number of rotatable bonds is 10. The Morgan fingerprint density at radius 3 is 2.72 bits per heavy atom. The van der Waals surface area contributed by atoms with Crippen LogP contribution in [0.15, 0.2) is 34.3 Å². The predicted molar refractivity (Wildman–Crippen MR) is 128 cm³/mol. The molecule has 0 aliphatic carbocycles. The van der Waals surface area contributed by atoms with E-state index in [0.29, 0.717) is 5.75 Å². The molecule has 3 heterocycles. The molecule has 154 valence electrons. The van der Waals surface area contributed by atoms with E-state index in [1.54, 1.807) is 28.1 Å². The van der Waals surface area contributed by atoms with E-state index in [4.69, 9.17) is 9.42 Å². The van der Waals surface area contributed by atoms with Crippen molar-refractivity contribution in [3.63, 3.8) is 0 Å². The molecule has 0 spiro atoms. The average Bonchev–Trinajstić information content (AvgIpc) is 3.43. The molecule has 0 bridgehead atoms. The van der Waals surface area contributed by atoms with E-state index in [9.17, 15) is 4.57 Å². The summed E-state index contributed by atoms with van der Waals surface area (Å²) in [5.74, 6) is 7.08. The molecule has 1 unspecified atom stereocenters. The molecule has 1 N–H and O–H groups in total. The van der Waals surface area contributed by atoms with Gasteiger partial charge in [0, 0.05) is 43.4 Å². The smallest absolute Gasteiger partial charge is 0.365 e. The SMILES string of the molecule is CCCCCCCCC#Cc1ccc(-c2csc(-c3cscc3O[PH](=O)O)c2)s1. The first-order valence-electron chi connectivity index (χ1n) is 9.82. The average molecular weight is 465 g/mol. The van der Waals surface area contributed by atoms with E-state index in [-0.39, 0.29) is 0 Å². The summed E-state index contributed by atoms with van der Waals surface area (Å²) < 4.78 is 16.1. The lowest BCUT2D eigenvalue weighted by molar-refractivity contribution is 0.412. The highest BCUT2D eigenvalue weighted by Gasteiger charge is 2.13. The minimum atomic E-state index is -3.00. The fraction of sp³-hybridized carbons (Fsp3) is 0.364. The molecule has 0 fully saturated rings. The molecule has 29 heavy (non-hydrogen) atoms. The minimum absolute atomic E-state index is 0.474. The third-order valence-corrected chi connectivity index (χ3v) is 7.58. The van der Waals surface area contributed by atoms with Gasteiger partial charge in [0.05, 0.1) is 4.88 Å². The highest BCUT2D eigenvalue weighted by Crippen LogP contribution is 2.42. The predicted octanol–water partition coefficient (Wildman–Crippen LogP) is 8.07. The van der Waals surface area contributed by atoms with Gasteiger partial charge in [0.15, 0.2) is 0 Å². The zero-order chi connectivity index (χ0) is 20.5. The van der Waals surface area contributed by atoms with Crippen molar-refractivity contribution in [3.05, 3.63) is 39.2 Å². The van der Waals surface area contributed by atoms with Crippen molar-refractivity contribution in [2.75, 3.05) is 0 Å². The maximum absolute atomic E-state index is 11.0. The van der Waals surface area contributed by atoms with E-state index in [0.717, 1.165) is 27.3 Å². The lowest BCUT2D eigenvalue weighted by Gasteiger charge is -2.01. The van der Waals surface area contributed by atoms with Crippen LogP contribution < -0.4 is 4.52 Å². The largest absolute Gasteiger partial charge is 0.425 e. The Bertz CT molecular complexity index is 990. The summed E-state index contributed by atoms with van der Waals surface area (Å²) in [6.07, 6.45) is 8.74. The lowest BCUT2D eigenvalue weighted by Crippen LogP contribution is -1.79. The summed E-state index contributed by atoms with van der Waals surface area (Å²) in [5, 5.41) is 5.82. The van der Waals surface area contributed by atoms with Crippen LogP contribution in [-0.4, -0.2) is 4.89 Å². The first-order chi connectivity index (χ1) is 14.2. The van der Waals surface area contributed by atoms with Gasteiger partial charge in [-0.3, -0.25) is 0 Å². The minimum Gasteiger partial charge on any atom is -0.425 e. The van der Waals surface area contributed by atoms with Gasteiger partial charge in [-0.15, -0.1) is 34.0 Å². The Kier molecular flexibility index (Phi) is 9.04. The van der Waals surface area contributed by atoms with E-state index in [1.165, 1.54) is 54.7 Å². The van der Waals surface area contributed by atoms with Crippen molar-refractivity contribution in [3.8, 4) is 38.5 Å². The molecule has 0 radical (unpaired) electrons. The van der Waals surface area contributed by atoms with Gasteiger partial charge in [0.1, 0.15) is 5.75 Å². The number of thiophene rings is 3. The second kappa shape index (κ2) is 11.7. The van der Waals surface area contributed by atoms with Gasteiger partial charge in [0.25, 0.3) is 0 Å². The monoisotopic (exact) mass is 464 g/mol. The van der Waals surface area contributed by atoms with Crippen molar-refractivity contribution in [2.45, 2.75) is 51.9 Å². The van der Waals surface area contributed by atoms with E-state index in [1.807, 2.05) is 5.38 Å². The van der Waals surface area contributed by atoms with Crippen LogP contribution in [-0.2, 0) is 4.57 Å². The molecule has 0 aliphatic heterocycles. The molecule has 3 aromatic heterocycles. The Hall–Kier alpha value is -1.35. The molecule has 0 aromatic carbocycles. The molecule has 0 aliphatic rings. The van der Waals surface area contributed by atoms with Gasteiger partial charge in [0.2, 0.25) is 0 Å². The molecule has 0 amide bonds. The van der Waals surface area contributed by atoms with Crippen molar-refractivity contribution < 1.29 is 14.0 Å². The molecule has 3 aromatic rings. The van der Waals surface area contributed by atoms with Crippen LogP contribution in [0.1, 0.15) is 56.7 Å². The zero-order valence-corrected chi connectivity index (χ0v) is 19.9. The maximum atomic E-state index is 11.0. The Labute approximate surface area is 185 Å². The Balaban J connectivity index is 1.57. The van der Waals surface area contributed by atoms with E-state index >= 15 is 0 Å². The standard InChI is InChI=1S/C22H25O3PS3/c1-2-3-4-5-6-7-8-9-10-18-11-12-21(29-18)17-13-22(28-14-17)19-15-27-16-20(19)25-26(23)24/h11-16,26H,2-8H2,1H3,(H,23,24). The summed E-state index contributed by atoms with van der Waals surface area (Å²) in [6, 6.07) is 6.30. The highest BCUT2D eigenvalue weighted by molar-refractivity contribution is 7.32. The topological polar surface area (TPSA) is 46.5 Å². The lowest BCUT2D eigenvalue weighted by atomic mass is 10.1. The van der Waals surface area contributed by atoms with Crippen molar-refractivity contribution >= 4 is 42.3 Å². The number of hydrogen-bond acceptors (Lipinski definition) is 5. The third-order valence-electron chi connectivity index (χ3n) is 4.45. The molecule has 0 saturated heterocycles. The molecular weight excluding hydrogens is 439 g/mol. The molecular formula is C22H25O3PS3. The van der Waals surface area contributed by atoms with Crippen LogP contribution in [0.2, 0.25) is 0 Å². The molecule has 7 heteroatoms. The Morgan fingerprint density at radius 2 is 1.90 bits per heavy atom.